The standard InChI is InChI=1S/C5H5BrN2O2S/c1-7-5-3(8(9)10)2-4(6)11-5/h2,7H,1H3. The molecular formula is C5H5BrN2O2S. The van der Waals surface area contributed by atoms with Gasteiger partial charge < -0.3 is 5.32 Å². The highest BCUT2D eigenvalue weighted by molar-refractivity contribution is 9.11. The topological polar surface area (TPSA) is 55.2 Å². The van der Waals surface area contributed by atoms with Crippen LogP contribution in [0.15, 0.2) is 9.85 Å². The Kier molecular flexibility index (Phi) is 2.45. The lowest BCUT2D eigenvalue weighted by Crippen LogP contribution is -1.91. The van der Waals surface area contributed by atoms with E-state index in [0.29, 0.717) is 5.00 Å². The van der Waals surface area contributed by atoms with E-state index in [1.54, 1.807) is 7.05 Å². The van der Waals surface area contributed by atoms with Gasteiger partial charge in [0.1, 0.15) is 0 Å². The van der Waals surface area contributed by atoms with Gasteiger partial charge in [-0.2, -0.15) is 0 Å². The van der Waals surface area contributed by atoms with Crippen LogP contribution < -0.4 is 5.32 Å². The number of nitro groups is 1. The van der Waals surface area contributed by atoms with E-state index >= 15 is 0 Å². The number of nitrogens with one attached hydrogen (secondary N) is 1. The number of hydrogen-bond donors (Lipinski definition) is 1. The Hall–Kier alpha value is -0.620. The van der Waals surface area contributed by atoms with E-state index in [9.17, 15) is 10.1 Å². The molecule has 1 aromatic heterocycles. The van der Waals surface area contributed by atoms with E-state index in [-0.39, 0.29) is 5.69 Å². The highest BCUT2D eigenvalue weighted by atomic mass is 79.9. The van der Waals surface area contributed by atoms with Gasteiger partial charge in [-0.1, -0.05) is 0 Å². The van der Waals surface area contributed by atoms with Crippen molar-refractivity contribution in [3.05, 3.63) is 20.0 Å². The molecule has 11 heavy (non-hydrogen) atoms. The zero-order valence-electron chi connectivity index (χ0n) is 5.63. The first-order valence-corrected chi connectivity index (χ1v) is 4.37. The maximum absolute atomic E-state index is 10.3. The van der Waals surface area contributed by atoms with Crippen molar-refractivity contribution >= 4 is 38.0 Å². The summed E-state index contributed by atoms with van der Waals surface area (Å²) in [7, 11) is 1.66. The van der Waals surface area contributed by atoms with Crippen molar-refractivity contribution in [3.63, 3.8) is 0 Å². The fourth-order valence-corrected chi connectivity index (χ4v) is 2.08. The summed E-state index contributed by atoms with van der Waals surface area (Å²) in [5.74, 6) is 0. The summed E-state index contributed by atoms with van der Waals surface area (Å²) in [4.78, 5) is 9.94. The van der Waals surface area contributed by atoms with Gasteiger partial charge in [-0.05, 0) is 15.9 Å². The molecule has 0 unspecified atom stereocenters. The van der Waals surface area contributed by atoms with Crippen LogP contribution in [0.5, 0.6) is 0 Å². The monoisotopic (exact) mass is 236 g/mol. The largest absolute Gasteiger partial charge is 0.374 e. The Labute approximate surface area is 75.5 Å². The van der Waals surface area contributed by atoms with Gasteiger partial charge in [0.15, 0.2) is 5.00 Å². The predicted octanol–water partition coefficient (Wildman–Crippen LogP) is 2.46. The normalized spacial score (nSPS) is 9.64. The van der Waals surface area contributed by atoms with Gasteiger partial charge in [0.05, 0.1) is 8.71 Å². The Morgan fingerprint density at radius 1 is 1.82 bits per heavy atom. The third kappa shape index (κ3) is 1.69. The van der Waals surface area contributed by atoms with Crippen LogP contribution in [0.25, 0.3) is 0 Å². The lowest BCUT2D eigenvalue weighted by molar-refractivity contribution is -0.383. The van der Waals surface area contributed by atoms with E-state index in [2.05, 4.69) is 21.2 Å². The first-order chi connectivity index (χ1) is 5.15. The zero-order valence-corrected chi connectivity index (χ0v) is 8.03. The third-order valence-corrected chi connectivity index (χ3v) is 2.75. The molecule has 0 radical (unpaired) electrons. The molecular weight excluding hydrogens is 232 g/mol. The summed E-state index contributed by atoms with van der Waals surface area (Å²) in [6, 6.07) is 1.48. The molecule has 1 N–H and O–H groups in total. The van der Waals surface area contributed by atoms with Crippen LogP contribution >= 0.6 is 27.3 Å². The van der Waals surface area contributed by atoms with Crippen molar-refractivity contribution in [2.45, 2.75) is 0 Å². The fourth-order valence-electron chi connectivity index (χ4n) is 0.667. The smallest absolute Gasteiger partial charge is 0.304 e. The van der Waals surface area contributed by atoms with E-state index < -0.39 is 4.92 Å². The Morgan fingerprint density at radius 3 is 2.82 bits per heavy atom. The molecule has 0 amide bonds. The van der Waals surface area contributed by atoms with Gasteiger partial charge >= 0.3 is 5.69 Å². The van der Waals surface area contributed by atoms with Crippen molar-refractivity contribution in [2.75, 3.05) is 12.4 Å². The summed E-state index contributed by atoms with van der Waals surface area (Å²) in [6.07, 6.45) is 0. The van der Waals surface area contributed by atoms with Gasteiger partial charge in [0.2, 0.25) is 0 Å². The van der Waals surface area contributed by atoms with Gasteiger partial charge in [-0.3, -0.25) is 10.1 Å². The number of rotatable bonds is 2. The number of halogens is 1. The first kappa shape index (κ1) is 8.48. The summed E-state index contributed by atoms with van der Waals surface area (Å²) in [6.45, 7) is 0. The lowest BCUT2D eigenvalue weighted by atomic mass is 10.5. The molecule has 0 aromatic carbocycles. The molecule has 4 nitrogen and oxygen atoms in total. The molecule has 0 saturated heterocycles. The van der Waals surface area contributed by atoms with E-state index in [4.69, 9.17) is 0 Å². The molecule has 0 aliphatic rings. The molecule has 0 bridgehead atoms. The van der Waals surface area contributed by atoms with Crippen LogP contribution in [0.1, 0.15) is 0 Å². The minimum Gasteiger partial charge on any atom is -0.374 e. The molecule has 0 atom stereocenters. The molecule has 60 valence electrons. The van der Waals surface area contributed by atoms with Gasteiger partial charge in [0.25, 0.3) is 0 Å². The molecule has 0 spiro atoms. The van der Waals surface area contributed by atoms with Crippen molar-refractivity contribution in [1.29, 1.82) is 0 Å². The van der Waals surface area contributed by atoms with Gasteiger partial charge in [-0.25, -0.2) is 0 Å². The minimum absolute atomic E-state index is 0.115. The minimum atomic E-state index is -0.410. The zero-order chi connectivity index (χ0) is 8.43. The summed E-state index contributed by atoms with van der Waals surface area (Å²) in [5.41, 5.74) is 0.115. The van der Waals surface area contributed by atoms with E-state index in [1.807, 2.05) is 0 Å². The number of thiophene rings is 1. The summed E-state index contributed by atoms with van der Waals surface area (Å²) >= 11 is 4.47. The molecule has 1 heterocycles. The predicted molar refractivity (Wildman–Crippen MR) is 48.2 cm³/mol. The first-order valence-electron chi connectivity index (χ1n) is 2.76. The molecule has 1 aromatic rings. The van der Waals surface area contributed by atoms with Crippen molar-refractivity contribution < 1.29 is 4.92 Å². The van der Waals surface area contributed by atoms with E-state index in [0.717, 1.165) is 3.79 Å². The van der Waals surface area contributed by atoms with Crippen molar-refractivity contribution in [2.24, 2.45) is 0 Å². The third-order valence-electron chi connectivity index (χ3n) is 1.11. The fraction of sp³-hybridized carbons (Fsp3) is 0.200. The highest BCUT2D eigenvalue weighted by Crippen LogP contribution is 2.36. The quantitative estimate of drug-likeness (QED) is 0.634. The van der Waals surface area contributed by atoms with Crippen LogP contribution in [0, 0.1) is 10.1 Å². The van der Waals surface area contributed by atoms with Crippen LogP contribution in [-0.4, -0.2) is 12.0 Å². The second-order valence-electron chi connectivity index (χ2n) is 1.77. The second kappa shape index (κ2) is 3.19. The molecule has 6 heteroatoms. The lowest BCUT2D eigenvalue weighted by Gasteiger charge is -1.91. The molecule has 0 aliphatic carbocycles. The number of nitrogens with zero attached hydrogens (tertiary/aromatic N) is 1. The van der Waals surface area contributed by atoms with Gasteiger partial charge in [-0.15, -0.1) is 11.3 Å². The number of anilines is 1. The van der Waals surface area contributed by atoms with Gasteiger partial charge in [0, 0.05) is 13.1 Å². The number of hydrogen-bond acceptors (Lipinski definition) is 4. The van der Waals surface area contributed by atoms with Crippen molar-refractivity contribution in [3.8, 4) is 0 Å². The molecule has 0 saturated carbocycles. The Balaban J connectivity index is 3.12. The van der Waals surface area contributed by atoms with Crippen molar-refractivity contribution in [1.82, 2.24) is 0 Å². The van der Waals surface area contributed by atoms with E-state index in [1.165, 1.54) is 17.4 Å². The molecule has 1 rings (SSSR count). The van der Waals surface area contributed by atoms with Crippen LogP contribution in [0.2, 0.25) is 0 Å². The average Bonchev–Trinajstić information content (AvgIpc) is 2.30. The van der Waals surface area contributed by atoms with Crippen LogP contribution in [0.4, 0.5) is 10.7 Å². The SMILES string of the molecule is CNc1sc(Br)cc1[N+](=O)[O-]. The molecule has 0 aliphatic heterocycles. The Bertz CT molecular complexity index is 286. The summed E-state index contributed by atoms with van der Waals surface area (Å²) in [5, 5.41) is 13.7. The average molecular weight is 237 g/mol. The van der Waals surface area contributed by atoms with Crippen LogP contribution in [0.3, 0.4) is 0 Å². The molecule has 0 fully saturated rings. The highest BCUT2D eigenvalue weighted by Gasteiger charge is 2.16. The second-order valence-corrected chi connectivity index (χ2v) is 4.20. The summed E-state index contributed by atoms with van der Waals surface area (Å²) < 4.78 is 0.758. The Morgan fingerprint density at radius 2 is 2.45 bits per heavy atom. The maximum atomic E-state index is 10.3. The van der Waals surface area contributed by atoms with Crippen LogP contribution in [-0.2, 0) is 0 Å². The maximum Gasteiger partial charge on any atom is 0.304 e.